The van der Waals surface area contributed by atoms with Crippen molar-refractivity contribution in [3.8, 4) is 0 Å². The topological polar surface area (TPSA) is 152 Å². The zero-order valence-electron chi connectivity index (χ0n) is 26.2. The summed E-state index contributed by atoms with van der Waals surface area (Å²) in [4.78, 5) is 31.5. The van der Waals surface area contributed by atoms with Crippen LogP contribution in [-0.2, 0) is 23.2 Å². The molecule has 10 nitrogen and oxygen atoms in total. The van der Waals surface area contributed by atoms with Gasteiger partial charge in [0, 0.05) is 39.7 Å². The van der Waals surface area contributed by atoms with Crippen LogP contribution in [0.15, 0.2) is 69.6 Å². The van der Waals surface area contributed by atoms with E-state index < -0.39 is 11.5 Å². The number of nitrogens with one attached hydrogen (secondary N) is 2. The first-order valence-corrected chi connectivity index (χ1v) is 17.8. The fraction of sp³-hybridized carbons (Fsp3) is 0.400. The van der Waals surface area contributed by atoms with Gasteiger partial charge in [0.15, 0.2) is 5.54 Å². The minimum atomic E-state index is -1.67. The Kier molecular flexibility index (Phi) is 10.2. The van der Waals surface area contributed by atoms with Crippen LogP contribution < -0.4 is 22.1 Å². The number of nitrogen functional groups attached to an aromatic ring is 1. The molecule has 248 valence electrons. The highest BCUT2D eigenvalue weighted by molar-refractivity contribution is 9.11. The third-order valence-corrected chi connectivity index (χ3v) is 10.9. The first kappa shape index (κ1) is 33.5. The van der Waals surface area contributed by atoms with E-state index in [2.05, 4.69) is 53.1 Å². The Morgan fingerprint density at radius 1 is 0.979 bits per heavy atom. The lowest BCUT2D eigenvalue weighted by Crippen LogP contribution is -2.49. The molecule has 12 heteroatoms. The second-order valence-corrected chi connectivity index (χ2v) is 14.4. The predicted molar refractivity (Wildman–Crippen MR) is 192 cm³/mol. The van der Waals surface area contributed by atoms with E-state index in [9.17, 15) is 14.7 Å². The van der Waals surface area contributed by atoms with E-state index in [0.717, 1.165) is 86.9 Å². The number of carboxylic acids is 1. The number of carbonyl (C=O) groups excluding carboxylic acids is 1. The van der Waals surface area contributed by atoms with Crippen molar-refractivity contribution in [2.45, 2.75) is 69.0 Å². The number of anilines is 2. The van der Waals surface area contributed by atoms with Crippen molar-refractivity contribution < 1.29 is 14.7 Å². The molecule has 1 saturated carbocycles. The molecule has 47 heavy (non-hydrogen) atoms. The highest BCUT2D eigenvalue weighted by Gasteiger charge is 2.43. The maximum atomic E-state index is 12.5. The minimum Gasteiger partial charge on any atom is -0.480 e. The lowest BCUT2D eigenvalue weighted by molar-refractivity contribution is -0.144. The molecule has 0 bridgehead atoms. The fourth-order valence-electron chi connectivity index (χ4n) is 7.06. The highest BCUT2D eigenvalue weighted by atomic mass is 79.9. The average Bonchev–Trinajstić information content (AvgIpc) is 3.70. The Hall–Kier alpha value is -3.45. The molecule has 7 rings (SSSR count). The van der Waals surface area contributed by atoms with E-state index >= 15 is 0 Å². The largest absolute Gasteiger partial charge is 0.480 e. The number of para-hydroxylation sites is 3. The molecule has 0 radical (unpaired) electrons. The molecule has 1 aromatic heterocycles. The van der Waals surface area contributed by atoms with Gasteiger partial charge in [-0.25, -0.2) is 14.6 Å². The van der Waals surface area contributed by atoms with Crippen molar-refractivity contribution in [3.63, 3.8) is 0 Å². The molecule has 1 atom stereocenters. The number of amides is 2. The number of fused-ring (bicyclic) bond motifs is 2. The molecule has 2 aliphatic heterocycles. The number of urea groups is 1. The number of aromatic nitrogens is 2. The van der Waals surface area contributed by atoms with Gasteiger partial charge in [0.05, 0.1) is 16.7 Å². The van der Waals surface area contributed by atoms with E-state index in [1.165, 1.54) is 5.56 Å². The third-order valence-electron chi connectivity index (χ3n) is 9.58. The highest BCUT2D eigenvalue weighted by Crippen LogP contribution is 2.38. The van der Waals surface area contributed by atoms with Gasteiger partial charge in [-0.2, -0.15) is 0 Å². The minimum absolute atomic E-state index is 0.0619. The summed E-state index contributed by atoms with van der Waals surface area (Å²) in [6.45, 7) is 2.86. The number of aliphatic carboxylic acids is 1. The van der Waals surface area contributed by atoms with Gasteiger partial charge in [-0.05, 0) is 119 Å². The van der Waals surface area contributed by atoms with Gasteiger partial charge < -0.3 is 36.7 Å². The smallest absolute Gasteiger partial charge is 0.331 e. The summed E-state index contributed by atoms with van der Waals surface area (Å²) in [6, 6.07) is 20.1. The summed E-state index contributed by atoms with van der Waals surface area (Å²) >= 11 is 6.86. The molecule has 4 aromatic rings. The normalized spacial score (nSPS) is 18.5. The van der Waals surface area contributed by atoms with Crippen molar-refractivity contribution in [3.05, 3.63) is 86.6 Å². The summed E-state index contributed by atoms with van der Waals surface area (Å²) in [5.74, 6) is -0.696. The van der Waals surface area contributed by atoms with Gasteiger partial charge in [-0.3, -0.25) is 0 Å². The Balaban J connectivity index is 0.000000183. The molecule has 2 amide bonds. The lowest BCUT2D eigenvalue weighted by Gasteiger charge is -2.33. The monoisotopic (exact) mass is 765 g/mol. The van der Waals surface area contributed by atoms with Crippen LogP contribution in [0.3, 0.4) is 0 Å². The second-order valence-electron chi connectivity index (χ2n) is 12.7. The van der Waals surface area contributed by atoms with Crippen molar-refractivity contribution >= 4 is 66.3 Å². The third kappa shape index (κ3) is 7.06. The second kappa shape index (κ2) is 14.3. The molecule has 0 unspecified atom stereocenters. The van der Waals surface area contributed by atoms with Crippen LogP contribution in [0.5, 0.6) is 0 Å². The van der Waals surface area contributed by atoms with Gasteiger partial charge in [0.1, 0.15) is 5.82 Å². The van der Waals surface area contributed by atoms with Gasteiger partial charge >= 0.3 is 12.0 Å². The number of nitrogens with zero attached hydrogens (tertiary/aromatic N) is 3. The number of benzene rings is 3. The van der Waals surface area contributed by atoms with Crippen molar-refractivity contribution in [2.24, 2.45) is 5.73 Å². The Morgan fingerprint density at radius 3 is 2.34 bits per heavy atom. The summed E-state index contributed by atoms with van der Waals surface area (Å²) in [7, 11) is 0. The molecule has 2 fully saturated rings. The van der Waals surface area contributed by atoms with E-state index in [4.69, 9.17) is 16.5 Å². The summed E-state index contributed by atoms with van der Waals surface area (Å²) in [6.07, 6.45) is 7.41. The maximum Gasteiger partial charge on any atom is 0.331 e. The average molecular weight is 768 g/mol. The summed E-state index contributed by atoms with van der Waals surface area (Å²) in [5.41, 5.74) is 16.2. The summed E-state index contributed by atoms with van der Waals surface area (Å²) in [5, 5.41) is 16.6. The number of imidazole rings is 1. The van der Waals surface area contributed by atoms with Gasteiger partial charge in [0.2, 0.25) is 0 Å². The van der Waals surface area contributed by atoms with E-state index in [-0.39, 0.29) is 18.5 Å². The Labute approximate surface area is 291 Å². The number of piperidine rings is 1. The van der Waals surface area contributed by atoms with Crippen molar-refractivity contribution in [1.82, 2.24) is 19.8 Å². The molecule has 1 saturated heterocycles. The molecule has 0 spiro atoms. The quantitative estimate of drug-likeness (QED) is 0.139. The van der Waals surface area contributed by atoms with Crippen LogP contribution >= 0.6 is 31.9 Å². The first-order valence-electron chi connectivity index (χ1n) is 16.2. The number of carboxylic acid groups (broad SMARTS) is 1. The van der Waals surface area contributed by atoms with Crippen LogP contribution in [0.25, 0.3) is 11.0 Å². The van der Waals surface area contributed by atoms with Crippen LogP contribution in [0, 0.1) is 0 Å². The molecule has 7 N–H and O–H groups in total. The van der Waals surface area contributed by atoms with E-state index in [1.54, 1.807) is 0 Å². The molecule has 3 heterocycles. The van der Waals surface area contributed by atoms with Crippen LogP contribution in [-0.4, -0.2) is 57.2 Å². The van der Waals surface area contributed by atoms with Gasteiger partial charge in [0.25, 0.3) is 0 Å². The van der Waals surface area contributed by atoms with Crippen LogP contribution in [0.1, 0.15) is 61.5 Å². The zero-order valence-corrected chi connectivity index (χ0v) is 29.4. The van der Waals surface area contributed by atoms with Crippen LogP contribution in [0.4, 0.5) is 16.2 Å². The predicted octanol–water partition coefficient (Wildman–Crippen LogP) is 6.57. The summed E-state index contributed by atoms with van der Waals surface area (Å²) < 4.78 is 3.45. The zero-order chi connectivity index (χ0) is 33.1. The maximum absolute atomic E-state index is 12.5. The van der Waals surface area contributed by atoms with Crippen LogP contribution in [0.2, 0.25) is 0 Å². The molecule has 1 aliphatic carbocycles. The number of nitrogens with two attached hydrogens (primary N) is 2. The van der Waals surface area contributed by atoms with Gasteiger partial charge in [-0.15, -0.1) is 0 Å². The number of carbonyl (C=O) groups is 2. The van der Waals surface area contributed by atoms with E-state index in [1.807, 2.05) is 59.5 Å². The SMILES string of the molecule is Nc1c(Br)cc(C[C@](N)(C(=O)O)c2nc3ccccc3n2C2CCCC2)cc1Br.O=C1Nc2ccccc2CCN1C1CCNCC1. The Bertz CT molecular complexity index is 1740. The number of halogens is 2. The van der Waals surface area contributed by atoms with Gasteiger partial charge in [-0.1, -0.05) is 43.2 Å². The fourth-order valence-corrected chi connectivity index (χ4v) is 8.34. The molecular formula is C35H41Br2N7O3. The van der Waals surface area contributed by atoms with Crippen molar-refractivity contribution in [2.75, 3.05) is 30.7 Å². The standard InChI is InChI=1S/C21H22Br2N4O2.C14H19N3O/c22-14-9-12(10-15(23)18(14)24)11-21(25,20(28)29)19-26-16-7-3-4-8-17(16)27(19)13-5-1-2-6-13;18-14-16-13-4-2-1-3-11(13)7-10-17(14)12-5-8-15-9-6-12/h3-4,7-10,13H,1-2,5-6,11,24-25H2,(H,28,29);1-4,12,15H,5-10H2,(H,16,18)/t21-;/m1./s1. The first-order chi connectivity index (χ1) is 22.7. The van der Waals surface area contributed by atoms with Crippen molar-refractivity contribution in [1.29, 1.82) is 0 Å². The lowest BCUT2D eigenvalue weighted by atomic mass is 9.90. The molecular weight excluding hydrogens is 726 g/mol. The molecule has 3 aromatic carbocycles. The molecule has 3 aliphatic rings. The number of hydrogen-bond donors (Lipinski definition) is 5. The number of hydrogen-bond acceptors (Lipinski definition) is 6. The number of rotatable bonds is 6. The Morgan fingerprint density at radius 2 is 1.64 bits per heavy atom. The van der Waals surface area contributed by atoms with E-state index in [0.29, 0.717) is 26.5 Å².